The molecule has 3 bridgehead atoms. The second-order valence-electron chi connectivity index (χ2n) is 11.0. The molecule has 0 saturated carbocycles. The van der Waals surface area contributed by atoms with Gasteiger partial charge in [-0.25, -0.2) is 18.7 Å². The molecule has 0 N–H and O–H groups in total. The van der Waals surface area contributed by atoms with E-state index in [-0.39, 0.29) is 0 Å². The minimum Gasteiger partial charge on any atom is -0.430 e. The fourth-order valence-electron chi connectivity index (χ4n) is 6.33. The third-order valence-electron chi connectivity index (χ3n) is 8.33. The Kier molecular flexibility index (Phi) is 7.95. The number of halogens is 2. The second kappa shape index (κ2) is 11.5. The van der Waals surface area contributed by atoms with Crippen molar-refractivity contribution in [3.8, 4) is 11.5 Å². The first-order chi connectivity index (χ1) is 20.9. The molecule has 43 heavy (non-hydrogen) atoms. The summed E-state index contributed by atoms with van der Waals surface area (Å²) in [6, 6.07) is 16.1. The molecule has 3 fully saturated rings. The molecule has 18 heteroatoms. The number of rotatable bonds is 2. The molecule has 3 saturated heterocycles. The Bertz CT molecular complexity index is 1620. The zero-order chi connectivity index (χ0) is 29.1. The van der Waals surface area contributed by atoms with E-state index in [0.717, 1.165) is 30.6 Å². The van der Waals surface area contributed by atoms with Gasteiger partial charge < -0.3 is 18.5 Å². The summed E-state index contributed by atoms with van der Waals surface area (Å²) < 4.78 is 56.9. The van der Waals surface area contributed by atoms with Gasteiger partial charge in [-0.2, -0.15) is 18.1 Å². The van der Waals surface area contributed by atoms with E-state index in [2.05, 4.69) is 30.8 Å². The summed E-state index contributed by atoms with van der Waals surface area (Å²) in [6.45, 7) is 0.661. The summed E-state index contributed by atoms with van der Waals surface area (Å²) in [4.78, 5) is 0. The van der Waals surface area contributed by atoms with Gasteiger partial charge in [-0.15, -0.1) is 0 Å². The van der Waals surface area contributed by atoms with Crippen LogP contribution in [0.2, 0.25) is 0 Å². The Hall–Kier alpha value is -0.700. The summed E-state index contributed by atoms with van der Waals surface area (Å²) in [7, 11) is -6.01. The highest BCUT2D eigenvalue weighted by Gasteiger charge is 2.51. The van der Waals surface area contributed by atoms with E-state index in [4.69, 9.17) is 59.1 Å². The lowest BCUT2D eigenvalue weighted by molar-refractivity contribution is 0.0569. The summed E-state index contributed by atoms with van der Waals surface area (Å²) in [5, 5.41) is 0. The van der Waals surface area contributed by atoms with Crippen molar-refractivity contribution in [2.45, 2.75) is 19.5 Å². The van der Waals surface area contributed by atoms with Gasteiger partial charge in [-0.05, 0) is 41.0 Å². The molecule has 0 aliphatic carbocycles. The molecule has 8 rings (SSSR count). The van der Waals surface area contributed by atoms with Gasteiger partial charge in [-0.1, -0.05) is 36.4 Å². The lowest BCUT2D eigenvalue weighted by atomic mass is 10.2. The average molecular weight is 705 g/mol. The monoisotopic (exact) mass is 704 g/mol. The lowest BCUT2D eigenvalue weighted by Crippen LogP contribution is -2.43. The van der Waals surface area contributed by atoms with E-state index in [0.29, 0.717) is 77.2 Å². The molecule has 6 heterocycles. The highest BCUT2D eigenvalue weighted by atomic mass is 35.7. The van der Waals surface area contributed by atoms with E-state index in [1.807, 2.05) is 36.4 Å². The van der Waals surface area contributed by atoms with Crippen LogP contribution in [0.3, 0.4) is 0 Å². The first-order valence-corrected chi connectivity index (χ1v) is 22.8. The molecular formula is C25H34Cl2N8O4P4. The van der Waals surface area contributed by atoms with Gasteiger partial charge in [-0.3, -0.25) is 0 Å². The third-order valence-corrected chi connectivity index (χ3v) is 23.9. The van der Waals surface area contributed by atoms with Crippen LogP contribution in [-0.4, -0.2) is 84.4 Å². The van der Waals surface area contributed by atoms with Crippen LogP contribution in [0, 0.1) is 0 Å². The quantitative estimate of drug-likeness (QED) is 0.289. The van der Waals surface area contributed by atoms with Gasteiger partial charge >= 0.3 is 13.6 Å². The Morgan fingerprint density at radius 3 is 1.42 bits per heavy atom. The standard InChI is InChI=1S/C25H34Cl2N8O4P4/c26-40-28-42(32-12-16-36-17-13-32,33-14-18-37-19-15-33)29-41(27)31-43(30-40)34(20-22-6-1-3-8-24(22)38-40)10-5-11-35(43)21-23-7-2-4-9-25(23)39-41/h1-4,6-9H,5,10-21H2. The van der Waals surface area contributed by atoms with E-state index < -0.39 is 28.6 Å². The van der Waals surface area contributed by atoms with Gasteiger partial charge in [0, 0.05) is 63.5 Å². The maximum Gasteiger partial charge on any atom is 0.351 e. The molecule has 12 nitrogen and oxygen atoms in total. The van der Waals surface area contributed by atoms with Gasteiger partial charge in [0.05, 0.1) is 26.4 Å². The molecule has 6 aliphatic rings. The topological polar surface area (TPSA) is 99.3 Å². The van der Waals surface area contributed by atoms with Crippen LogP contribution in [0.5, 0.6) is 11.5 Å². The van der Waals surface area contributed by atoms with Gasteiger partial charge in [0.15, 0.2) is 0 Å². The van der Waals surface area contributed by atoms with Crippen molar-refractivity contribution in [1.82, 2.24) is 18.7 Å². The van der Waals surface area contributed by atoms with Crippen LogP contribution < -0.4 is 9.05 Å². The van der Waals surface area contributed by atoms with Crippen molar-refractivity contribution in [2.75, 3.05) is 65.7 Å². The minimum atomic E-state index is -3.43. The molecule has 232 valence electrons. The van der Waals surface area contributed by atoms with Crippen molar-refractivity contribution in [1.29, 1.82) is 0 Å². The number of morpholine rings is 2. The summed E-state index contributed by atoms with van der Waals surface area (Å²) in [6.07, 6.45) is 0.965. The molecule has 0 radical (unpaired) electrons. The molecule has 3 unspecified atom stereocenters. The van der Waals surface area contributed by atoms with Gasteiger partial charge in [0.1, 0.15) is 11.5 Å². The average Bonchev–Trinajstić information content (AvgIpc) is 2.99. The Morgan fingerprint density at radius 1 is 0.535 bits per heavy atom. The molecule has 0 aromatic heterocycles. The zero-order valence-corrected chi connectivity index (χ0v) is 28.7. The minimum absolute atomic E-state index is 0.554. The number of hydrogen-bond donors (Lipinski definition) is 0. The number of nitrogens with zero attached hydrogens (tertiary/aromatic N) is 8. The van der Waals surface area contributed by atoms with E-state index in [1.165, 1.54) is 0 Å². The van der Waals surface area contributed by atoms with Crippen LogP contribution >= 0.6 is 51.1 Å². The maximum absolute atomic E-state index is 7.75. The van der Waals surface area contributed by atoms with Crippen molar-refractivity contribution in [3.05, 3.63) is 59.7 Å². The molecule has 6 aliphatic heterocycles. The maximum atomic E-state index is 7.75. The molecule has 0 amide bonds. The highest BCUT2D eigenvalue weighted by Crippen LogP contribution is 2.85. The zero-order valence-electron chi connectivity index (χ0n) is 23.6. The van der Waals surface area contributed by atoms with Crippen molar-refractivity contribution in [3.63, 3.8) is 0 Å². The van der Waals surface area contributed by atoms with Crippen LogP contribution in [0.25, 0.3) is 0 Å². The smallest absolute Gasteiger partial charge is 0.351 e. The van der Waals surface area contributed by atoms with Gasteiger partial charge in [0.25, 0.3) is 0 Å². The Labute approximate surface area is 261 Å². The predicted molar refractivity (Wildman–Crippen MR) is 173 cm³/mol. The SMILES string of the molecule is ClP12=NP34=NP(Cl)(=NP(N5CCOCC5)(N5CCOCC5)=N1)Oc1ccccc1CN3CCCN4Cc1ccccc1O2. The first kappa shape index (κ1) is 29.7. The predicted octanol–water partition coefficient (Wildman–Crippen LogP) is 8.12. The third kappa shape index (κ3) is 5.34. The van der Waals surface area contributed by atoms with Crippen LogP contribution in [0.4, 0.5) is 0 Å². The highest BCUT2D eigenvalue weighted by molar-refractivity contribution is 7.98. The molecule has 1 spiro atoms. The van der Waals surface area contributed by atoms with Crippen LogP contribution in [-0.2, 0) is 22.6 Å². The summed E-state index contributed by atoms with van der Waals surface area (Å²) in [5.74, 6) is 1.41. The second-order valence-corrected chi connectivity index (χ2v) is 23.2. The van der Waals surface area contributed by atoms with Crippen molar-refractivity contribution < 1.29 is 18.5 Å². The molecule has 2 aromatic rings. The number of ether oxygens (including phenoxy) is 2. The van der Waals surface area contributed by atoms with Crippen molar-refractivity contribution in [2.24, 2.45) is 18.1 Å². The van der Waals surface area contributed by atoms with Gasteiger partial charge in [0.2, 0.25) is 15.0 Å². The van der Waals surface area contributed by atoms with Crippen LogP contribution in [0.15, 0.2) is 66.6 Å². The first-order valence-electron chi connectivity index (χ1n) is 14.6. The number of benzene rings is 2. The Balaban J connectivity index is 1.48. The Morgan fingerprint density at radius 2 is 0.953 bits per heavy atom. The number of fused-ring (bicyclic) bond motifs is 3. The van der Waals surface area contributed by atoms with E-state index in [9.17, 15) is 0 Å². The normalized spacial score (nSPS) is 34.6. The number of para-hydroxylation sites is 2. The molecule has 3 atom stereocenters. The lowest BCUT2D eigenvalue weighted by Gasteiger charge is -2.49. The molecule has 2 aromatic carbocycles. The van der Waals surface area contributed by atoms with Crippen molar-refractivity contribution >= 4 is 51.1 Å². The van der Waals surface area contributed by atoms with E-state index in [1.54, 1.807) is 0 Å². The largest absolute Gasteiger partial charge is 0.430 e. The summed E-state index contributed by atoms with van der Waals surface area (Å²) >= 11 is 15.5. The fourth-order valence-corrected chi connectivity index (χ4v) is 25.3. The van der Waals surface area contributed by atoms with Crippen LogP contribution in [0.1, 0.15) is 17.5 Å². The number of hydrogen-bond acceptors (Lipinski definition) is 12. The van der Waals surface area contributed by atoms with E-state index >= 15 is 0 Å². The summed E-state index contributed by atoms with van der Waals surface area (Å²) in [5.41, 5.74) is 2.07. The molecular weight excluding hydrogens is 671 g/mol. The fraction of sp³-hybridized carbons (Fsp3) is 0.520.